The van der Waals surface area contributed by atoms with E-state index < -0.39 is 10.0 Å². The molecule has 1 atom stereocenters. The Morgan fingerprint density at radius 1 is 1.05 bits per heavy atom. The van der Waals surface area contributed by atoms with Gasteiger partial charge in [0.15, 0.2) is 0 Å². The first-order valence-electron chi connectivity index (χ1n) is 7.12. The highest BCUT2D eigenvalue weighted by Crippen LogP contribution is 2.21. The SMILES string of the molecule is Cc1ccc2[nH]c(S(=O)(=O)NC(C)c3ccccc3)cc2c1. The normalized spacial score (nSPS) is 13.4. The van der Waals surface area contributed by atoms with Gasteiger partial charge in [0.05, 0.1) is 0 Å². The van der Waals surface area contributed by atoms with Gasteiger partial charge in [-0.15, -0.1) is 0 Å². The van der Waals surface area contributed by atoms with Crippen LogP contribution >= 0.6 is 0 Å². The first-order chi connectivity index (χ1) is 10.5. The van der Waals surface area contributed by atoms with Crippen molar-refractivity contribution in [3.8, 4) is 0 Å². The molecule has 4 nitrogen and oxygen atoms in total. The third kappa shape index (κ3) is 2.91. The Morgan fingerprint density at radius 3 is 2.50 bits per heavy atom. The predicted octanol–water partition coefficient (Wildman–Crippen LogP) is 3.52. The molecule has 0 aliphatic heterocycles. The molecular weight excluding hydrogens is 296 g/mol. The predicted molar refractivity (Wildman–Crippen MR) is 88.2 cm³/mol. The van der Waals surface area contributed by atoms with Crippen molar-refractivity contribution < 1.29 is 8.42 Å². The Labute approximate surface area is 130 Å². The third-order valence-electron chi connectivity index (χ3n) is 3.67. The summed E-state index contributed by atoms with van der Waals surface area (Å²) in [6.45, 7) is 3.82. The Hall–Kier alpha value is -2.11. The minimum Gasteiger partial charge on any atom is -0.345 e. The van der Waals surface area contributed by atoms with Crippen LogP contribution in [0.15, 0.2) is 59.6 Å². The lowest BCUT2D eigenvalue weighted by Gasteiger charge is -2.13. The number of benzene rings is 2. The van der Waals surface area contributed by atoms with E-state index in [-0.39, 0.29) is 11.1 Å². The number of aromatic amines is 1. The zero-order valence-electron chi connectivity index (χ0n) is 12.5. The molecule has 5 heteroatoms. The van der Waals surface area contributed by atoms with Gasteiger partial charge in [0.25, 0.3) is 10.0 Å². The summed E-state index contributed by atoms with van der Waals surface area (Å²) < 4.78 is 27.8. The number of aryl methyl sites for hydroxylation is 1. The fourth-order valence-electron chi connectivity index (χ4n) is 2.48. The number of fused-ring (bicyclic) bond motifs is 1. The highest BCUT2D eigenvalue weighted by molar-refractivity contribution is 7.89. The molecule has 114 valence electrons. The van der Waals surface area contributed by atoms with Gasteiger partial charge in [0.1, 0.15) is 5.03 Å². The lowest BCUT2D eigenvalue weighted by Crippen LogP contribution is -2.27. The average Bonchev–Trinajstić information content (AvgIpc) is 2.91. The monoisotopic (exact) mass is 314 g/mol. The molecule has 2 aromatic carbocycles. The molecule has 0 spiro atoms. The number of nitrogens with one attached hydrogen (secondary N) is 2. The summed E-state index contributed by atoms with van der Waals surface area (Å²) in [5.74, 6) is 0. The zero-order chi connectivity index (χ0) is 15.7. The van der Waals surface area contributed by atoms with Crippen molar-refractivity contribution in [3.05, 3.63) is 65.7 Å². The number of H-pyrrole nitrogens is 1. The van der Waals surface area contributed by atoms with Crippen LogP contribution in [-0.2, 0) is 10.0 Å². The lowest BCUT2D eigenvalue weighted by atomic mass is 10.1. The molecule has 0 amide bonds. The molecule has 0 radical (unpaired) electrons. The molecule has 1 unspecified atom stereocenters. The molecular formula is C17H18N2O2S. The molecule has 0 fully saturated rings. The maximum Gasteiger partial charge on any atom is 0.256 e. The molecule has 0 saturated heterocycles. The van der Waals surface area contributed by atoms with Crippen molar-refractivity contribution in [1.29, 1.82) is 0 Å². The number of aromatic nitrogens is 1. The van der Waals surface area contributed by atoms with Gasteiger partial charge in [-0.3, -0.25) is 0 Å². The van der Waals surface area contributed by atoms with Crippen LogP contribution in [-0.4, -0.2) is 13.4 Å². The van der Waals surface area contributed by atoms with Gasteiger partial charge in [0.2, 0.25) is 0 Å². The Balaban J connectivity index is 1.91. The van der Waals surface area contributed by atoms with E-state index in [1.165, 1.54) is 0 Å². The van der Waals surface area contributed by atoms with E-state index in [4.69, 9.17) is 0 Å². The van der Waals surface area contributed by atoms with Gasteiger partial charge in [-0.25, -0.2) is 13.1 Å². The fraction of sp³-hybridized carbons (Fsp3) is 0.176. The van der Waals surface area contributed by atoms with Crippen LogP contribution in [0.1, 0.15) is 24.1 Å². The summed E-state index contributed by atoms with van der Waals surface area (Å²) in [5.41, 5.74) is 2.84. The average molecular weight is 314 g/mol. The second-order valence-corrected chi connectivity index (χ2v) is 7.16. The molecule has 2 N–H and O–H groups in total. The van der Waals surface area contributed by atoms with Gasteiger partial charge >= 0.3 is 0 Å². The minimum atomic E-state index is -3.59. The van der Waals surface area contributed by atoms with Gasteiger partial charge < -0.3 is 4.98 Å². The molecule has 0 saturated carbocycles. The van der Waals surface area contributed by atoms with Crippen LogP contribution in [0.25, 0.3) is 10.9 Å². The van der Waals surface area contributed by atoms with Crippen molar-refractivity contribution in [3.63, 3.8) is 0 Å². The van der Waals surface area contributed by atoms with Gasteiger partial charge in [-0.05, 0) is 37.6 Å². The molecule has 3 rings (SSSR count). The standard InChI is InChI=1S/C17H18N2O2S/c1-12-8-9-16-15(10-12)11-17(18-16)22(20,21)19-13(2)14-6-4-3-5-7-14/h3-11,13,18-19H,1-2H3. The second kappa shape index (κ2) is 5.59. The van der Waals surface area contributed by atoms with E-state index in [1.54, 1.807) is 6.07 Å². The highest BCUT2D eigenvalue weighted by Gasteiger charge is 2.20. The fourth-order valence-corrected chi connectivity index (χ4v) is 3.73. The maximum atomic E-state index is 12.5. The molecule has 0 aliphatic rings. The topological polar surface area (TPSA) is 62.0 Å². The van der Waals surface area contributed by atoms with Crippen LogP contribution in [0, 0.1) is 6.92 Å². The van der Waals surface area contributed by atoms with E-state index in [0.717, 1.165) is 22.0 Å². The zero-order valence-corrected chi connectivity index (χ0v) is 13.3. The molecule has 3 aromatic rings. The van der Waals surface area contributed by atoms with Crippen LogP contribution in [0.3, 0.4) is 0 Å². The quantitative estimate of drug-likeness (QED) is 0.774. The lowest BCUT2D eigenvalue weighted by molar-refractivity contribution is 0.564. The number of hydrogen-bond acceptors (Lipinski definition) is 2. The largest absolute Gasteiger partial charge is 0.345 e. The minimum absolute atomic E-state index is 0.191. The van der Waals surface area contributed by atoms with Crippen LogP contribution in [0.4, 0.5) is 0 Å². The summed E-state index contributed by atoms with van der Waals surface area (Å²) in [6, 6.07) is 16.7. The summed E-state index contributed by atoms with van der Waals surface area (Å²) in [4.78, 5) is 2.97. The molecule has 22 heavy (non-hydrogen) atoms. The van der Waals surface area contributed by atoms with Crippen molar-refractivity contribution in [2.75, 3.05) is 0 Å². The highest BCUT2D eigenvalue weighted by atomic mass is 32.2. The van der Waals surface area contributed by atoms with E-state index in [9.17, 15) is 8.42 Å². The maximum absolute atomic E-state index is 12.5. The molecule has 0 bridgehead atoms. The first kappa shape index (κ1) is 14.8. The van der Waals surface area contributed by atoms with E-state index in [2.05, 4.69) is 9.71 Å². The Morgan fingerprint density at radius 2 is 1.77 bits per heavy atom. The summed E-state index contributed by atoms with van der Waals surface area (Å²) in [7, 11) is -3.59. The van der Waals surface area contributed by atoms with E-state index in [1.807, 2.05) is 62.4 Å². The van der Waals surface area contributed by atoms with Crippen molar-refractivity contribution in [1.82, 2.24) is 9.71 Å². The van der Waals surface area contributed by atoms with E-state index in [0.29, 0.717) is 0 Å². The number of rotatable bonds is 4. The summed E-state index contributed by atoms with van der Waals surface area (Å²) >= 11 is 0. The molecule has 0 aliphatic carbocycles. The Bertz CT molecular complexity index is 899. The Kier molecular flexibility index (Phi) is 3.76. The van der Waals surface area contributed by atoms with Gasteiger partial charge in [-0.1, -0.05) is 42.0 Å². The molecule has 1 aromatic heterocycles. The van der Waals surface area contributed by atoms with Gasteiger partial charge in [0, 0.05) is 16.9 Å². The number of sulfonamides is 1. The summed E-state index contributed by atoms with van der Waals surface area (Å²) in [5, 5.41) is 1.09. The van der Waals surface area contributed by atoms with Crippen LogP contribution in [0.5, 0.6) is 0 Å². The first-order valence-corrected chi connectivity index (χ1v) is 8.61. The van der Waals surface area contributed by atoms with Gasteiger partial charge in [-0.2, -0.15) is 0 Å². The second-order valence-electron chi connectivity index (χ2n) is 5.48. The number of hydrogen-bond donors (Lipinski definition) is 2. The summed E-state index contributed by atoms with van der Waals surface area (Å²) in [6.07, 6.45) is 0. The third-order valence-corrected chi connectivity index (χ3v) is 5.14. The molecule has 1 heterocycles. The van der Waals surface area contributed by atoms with Crippen molar-refractivity contribution >= 4 is 20.9 Å². The van der Waals surface area contributed by atoms with Crippen molar-refractivity contribution in [2.45, 2.75) is 24.9 Å². The van der Waals surface area contributed by atoms with Crippen molar-refractivity contribution in [2.24, 2.45) is 0 Å². The van der Waals surface area contributed by atoms with Crippen LogP contribution < -0.4 is 4.72 Å². The van der Waals surface area contributed by atoms with Crippen LogP contribution in [0.2, 0.25) is 0 Å². The smallest absolute Gasteiger partial charge is 0.256 e. The van der Waals surface area contributed by atoms with E-state index >= 15 is 0 Å².